The van der Waals surface area contributed by atoms with Crippen LogP contribution in [-0.4, -0.2) is 5.33 Å². The van der Waals surface area contributed by atoms with Crippen molar-refractivity contribution in [1.82, 2.24) is 0 Å². The second kappa shape index (κ2) is 4.88. The van der Waals surface area contributed by atoms with E-state index < -0.39 is 0 Å². The highest BCUT2D eigenvalue weighted by Gasteiger charge is 2.06. The first-order chi connectivity index (χ1) is 7.72. The molecule has 0 saturated heterocycles. The van der Waals surface area contributed by atoms with Crippen LogP contribution in [-0.2, 0) is 0 Å². The van der Waals surface area contributed by atoms with Gasteiger partial charge in [0.25, 0.3) is 0 Å². The van der Waals surface area contributed by atoms with Gasteiger partial charge in [0.05, 0.1) is 6.26 Å². The Morgan fingerprint density at radius 2 is 2.12 bits per heavy atom. The van der Waals surface area contributed by atoms with Crippen LogP contribution in [0.2, 0.25) is 0 Å². The van der Waals surface area contributed by atoms with Crippen molar-refractivity contribution in [3.8, 4) is 0 Å². The van der Waals surface area contributed by atoms with Crippen LogP contribution in [0.15, 0.2) is 40.5 Å². The molecule has 2 rings (SSSR count). The van der Waals surface area contributed by atoms with E-state index in [2.05, 4.69) is 41.9 Å². The van der Waals surface area contributed by atoms with E-state index in [0.717, 1.165) is 10.9 Å². The summed E-state index contributed by atoms with van der Waals surface area (Å²) >= 11 is 3.53. The average molecular weight is 279 g/mol. The van der Waals surface area contributed by atoms with Gasteiger partial charge in [0.15, 0.2) is 0 Å². The maximum Gasteiger partial charge on any atom is 0.134 e. The number of rotatable bonds is 3. The fourth-order valence-electron chi connectivity index (χ4n) is 1.67. The van der Waals surface area contributed by atoms with Crippen molar-refractivity contribution in [2.75, 3.05) is 5.33 Å². The third kappa shape index (κ3) is 2.22. The molecule has 0 unspecified atom stereocenters. The molecule has 2 aromatic rings. The maximum absolute atomic E-state index is 5.51. The van der Waals surface area contributed by atoms with Crippen molar-refractivity contribution in [2.24, 2.45) is 5.92 Å². The van der Waals surface area contributed by atoms with Gasteiger partial charge in [-0.25, -0.2) is 0 Å². The Hall–Kier alpha value is -1.02. The predicted molar refractivity (Wildman–Crippen MR) is 72.8 cm³/mol. The van der Waals surface area contributed by atoms with Gasteiger partial charge >= 0.3 is 0 Å². The lowest BCUT2D eigenvalue weighted by atomic mass is 10.0. The number of para-hydroxylation sites is 1. The van der Waals surface area contributed by atoms with Crippen LogP contribution in [0.25, 0.3) is 17.0 Å². The van der Waals surface area contributed by atoms with E-state index in [0.29, 0.717) is 5.92 Å². The Labute approximate surface area is 104 Å². The smallest absolute Gasteiger partial charge is 0.134 e. The lowest BCUT2D eigenvalue weighted by molar-refractivity contribution is 0.615. The van der Waals surface area contributed by atoms with Gasteiger partial charge in [-0.2, -0.15) is 0 Å². The number of halogens is 1. The molecular weight excluding hydrogens is 264 g/mol. The zero-order valence-corrected chi connectivity index (χ0v) is 11.1. The minimum absolute atomic E-state index is 0.549. The molecule has 0 atom stereocenters. The third-order valence-corrected chi connectivity index (χ3v) is 3.40. The Morgan fingerprint density at radius 1 is 1.38 bits per heavy atom. The van der Waals surface area contributed by atoms with Crippen molar-refractivity contribution in [3.63, 3.8) is 0 Å². The number of alkyl halides is 1. The Morgan fingerprint density at radius 3 is 2.81 bits per heavy atom. The van der Waals surface area contributed by atoms with E-state index in [9.17, 15) is 0 Å². The zero-order valence-electron chi connectivity index (χ0n) is 9.53. The highest BCUT2D eigenvalue weighted by molar-refractivity contribution is 9.09. The lowest BCUT2D eigenvalue weighted by Gasteiger charge is -2.06. The molecule has 1 aromatic heterocycles. The Balaban J connectivity index is 2.48. The Bertz CT molecular complexity index is 508. The van der Waals surface area contributed by atoms with Crippen LogP contribution < -0.4 is 0 Å². The normalized spacial score (nSPS) is 12.6. The third-order valence-electron chi connectivity index (χ3n) is 2.75. The molecule has 0 spiro atoms. The summed E-state index contributed by atoms with van der Waals surface area (Å²) in [7, 11) is 0. The molecule has 1 nitrogen and oxygen atoms in total. The highest BCUT2D eigenvalue weighted by Crippen LogP contribution is 2.25. The van der Waals surface area contributed by atoms with Crippen molar-refractivity contribution in [1.29, 1.82) is 0 Å². The molecule has 2 heteroatoms. The zero-order chi connectivity index (χ0) is 11.5. The number of hydrogen-bond acceptors (Lipinski definition) is 1. The van der Waals surface area contributed by atoms with Gasteiger partial charge in [-0.15, -0.1) is 0 Å². The Kier molecular flexibility index (Phi) is 3.49. The van der Waals surface area contributed by atoms with Crippen LogP contribution >= 0.6 is 15.9 Å². The van der Waals surface area contributed by atoms with Gasteiger partial charge in [-0.1, -0.05) is 59.6 Å². The largest absolute Gasteiger partial charge is 0.464 e. The number of hydrogen-bond donors (Lipinski definition) is 0. The average Bonchev–Trinajstić information content (AvgIpc) is 2.69. The summed E-state index contributed by atoms with van der Waals surface area (Å²) in [5.41, 5.74) is 3.50. The standard InChI is InChI=1S/C14H15BrO/c1-10(2)11(8-15)7-12-9-16-14-6-4-3-5-13(12)14/h3-7,9-10H,8H2,1-2H3/b11-7+. The molecule has 0 aliphatic heterocycles. The van der Waals surface area contributed by atoms with Gasteiger partial charge in [0, 0.05) is 16.3 Å². The molecule has 16 heavy (non-hydrogen) atoms. The van der Waals surface area contributed by atoms with E-state index >= 15 is 0 Å². The summed E-state index contributed by atoms with van der Waals surface area (Å²) in [6.45, 7) is 4.41. The first-order valence-electron chi connectivity index (χ1n) is 5.45. The highest BCUT2D eigenvalue weighted by atomic mass is 79.9. The maximum atomic E-state index is 5.51. The predicted octanol–water partition coefficient (Wildman–Crippen LogP) is 4.87. The second-order valence-corrected chi connectivity index (χ2v) is 4.76. The number of fused-ring (bicyclic) bond motifs is 1. The van der Waals surface area contributed by atoms with Crippen molar-refractivity contribution in [2.45, 2.75) is 13.8 Å². The topological polar surface area (TPSA) is 13.1 Å². The van der Waals surface area contributed by atoms with E-state index in [1.54, 1.807) is 0 Å². The van der Waals surface area contributed by atoms with Gasteiger partial charge in [0.2, 0.25) is 0 Å². The summed E-state index contributed by atoms with van der Waals surface area (Å²) in [6.07, 6.45) is 4.04. The van der Waals surface area contributed by atoms with Crippen molar-refractivity contribution < 1.29 is 4.42 Å². The van der Waals surface area contributed by atoms with Crippen LogP contribution in [0.1, 0.15) is 19.4 Å². The van der Waals surface area contributed by atoms with Gasteiger partial charge in [-0.3, -0.25) is 0 Å². The molecule has 0 aliphatic rings. The summed E-state index contributed by atoms with van der Waals surface area (Å²) in [6, 6.07) is 8.12. The van der Waals surface area contributed by atoms with Crippen LogP contribution in [0, 0.1) is 5.92 Å². The first-order valence-corrected chi connectivity index (χ1v) is 6.57. The molecule has 0 amide bonds. The molecule has 1 aromatic carbocycles. The molecule has 0 N–H and O–H groups in total. The lowest BCUT2D eigenvalue weighted by Crippen LogP contribution is -1.94. The van der Waals surface area contributed by atoms with Crippen LogP contribution in [0.3, 0.4) is 0 Å². The van der Waals surface area contributed by atoms with Crippen molar-refractivity contribution in [3.05, 3.63) is 41.7 Å². The van der Waals surface area contributed by atoms with Crippen LogP contribution in [0.5, 0.6) is 0 Å². The summed E-state index contributed by atoms with van der Waals surface area (Å²) in [5.74, 6) is 0.549. The first kappa shape index (κ1) is 11.5. The molecule has 0 aliphatic carbocycles. The van der Waals surface area contributed by atoms with E-state index in [4.69, 9.17) is 4.42 Å². The van der Waals surface area contributed by atoms with E-state index in [1.807, 2.05) is 24.5 Å². The minimum atomic E-state index is 0.549. The molecule has 1 heterocycles. The van der Waals surface area contributed by atoms with Crippen molar-refractivity contribution >= 4 is 33.0 Å². The molecule has 84 valence electrons. The monoisotopic (exact) mass is 278 g/mol. The van der Waals surface area contributed by atoms with Gasteiger partial charge in [-0.05, 0) is 12.0 Å². The molecule has 0 bridgehead atoms. The number of benzene rings is 1. The molecule has 0 radical (unpaired) electrons. The van der Waals surface area contributed by atoms with Crippen LogP contribution in [0.4, 0.5) is 0 Å². The minimum Gasteiger partial charge on any atom is -0.464 e. The quantitative estimate of drug-likeness (QED) is 0.731. The molecular formula is C14H15BrO. The van der Waals surface area contributed by atoms with E-state index in [-0.39, 0.29) is 0 Å². The van der Waals surface area contributed by atoms with Gasteiger partial charge in [0.1, 0.15) is 5.58 Å². The summed E-state index contributed by atoms with van der Waals surface area (Å²) < 4.78 is 5.51. The fraction of sp³-hybridized carbons (Fsp3) is 0.286. The van der Waals surface area contributed by atoms with Gasteiger partial charge < -0.3 is 4.42 Å². The number of furan rings is 1. The number of allylic oxidation sites excluding steroid dienone is 1. The SMILES string of the molecule is CC(C)/C(=C/c1coc2ccccc12)CBr. The second-order valence-electron chi connectivity index (χ2n) is 4.19. The summed E-state index contributed by atoms with van der Waals surface area (Å²) in [5, 5.41) is 2.09. The molecule has 0 fully saturated rings. The summed E-state index contributed by atoms with van der Waals surface area (Å²) in [4.78, 5) is 0. The molecule has 0 saturated carbocycles. The fourth-order valence-corrected chi connectivity index (χ4v) is 2.48. The van der Waals surface area contributed by atoms with E-state index in [1.165, 1.54) is 16.5 Å².